The lowest BCUT2D eigenvalue weighted by molar-refractivity contribution is -0.159. The third-order valence-electron chi connectivity index (χ3n) is 5.58. The van der Waals surface area contributed by atoms with E-state index in [4.69, 9.17) is 4.74 Å². The Morgan fingerprint density at radius 3 is 2.39 bits per heavy atom. The molecule has 0 saturated heterocycles. The summed E-state index contributed by atoms with van der Waals surface area (Å²) in [6, 6.07) is 0. The molecule has 6 heteroatoms. The Bertz CT molecular complexity index is 645. The molecule has 0 aromatic rings. The normalized spacial score (nSPS) is 36.1. The number of carbonyl (C=O) groups is 3. The zero-order valence-electron chi connectivity index (χ0n) is 17.8. The van der Waals surface area contributed by atoms with E-state index in [0.29, 0.717) is 6.42 Å². The molecule has 1 aliphatic heterocycles. The first-order valence-corrected chi connectivity index (χ1v) is 9.80. The van der Waals surface area contributed by atoms with E-state index in [9.17, 15) is 24.6 Å². The Morgan fingerprint density at radius 1 is 1.21 bits per heavy atom. The van der Waals surface area contributed by atoms with Crippen molar-refractivity contribution in [2.24, 2.45) is 17.3 Å². The quantitative estimate of drug-likeness (QED) is 0.524. The van der Waals surface area contributed by atoms with Crippen molar-refractivity contribution in [2.45, 2.75) is 79.1 Å². The number of aliphatic hydroxyl groups is 2. The summed E-state index contributed by atoms with van der Waals surface area (Å²) >= 11 is 0. The molecule has 5 atom stereocenters. The van der Waals surface area contributed by atoms with Crippen LogP contribution in [0.1, 0.15) is 60.8 Å². The van der Waals surface area contributed by atoms with Gasteiger partial charge in [-0.15, -0.1) is 0 Å². The van der Waals surface area contributed by atoms with Gasteiger partial charge in [0.15, 0.2) is 11.9 Å². The number of rotatable bonds is 1. The lowest BCUT2D eigenvalue weighted by atomic mass is 9.73. The number of Topliss-reactive ketones (excluding diaryl/α,β-unsaturated/α-hetero) is 2. The molecule has 0 saturated carbocycles. The highest BCUT2D eigenvalue weighted by Crippen LogP contribution is 2.31. The van der Waals surface area contributed by atoms with Crippen LogP contribution in [0.3, 0.4) is 0 Å². The summed E-state index contributed by atoms with van der Waals surface area (Å²) in [5, 5.41) is 21.1. The molecule has 1 heterocycles. The van der Waals surface area contributed by atoms with E-state index in [1.54, 1.807) is 20.8 Å². The number of allylic oxidation sites excluding steroid dienone is 2. The highest BCUT2D eigenvalue weighted by molar-refractivity contribution is 5.88. The van der Waals surface area contributed by atoms with Crippen LogP contribution in [0.5, 0.6) is 0 Å². The van der Waals surface area contributed by atoms with E-state index in [1.807, 2.05) is 32.1 Å². The Balaban J connectivity index is 3.21. The summed E-state index contributed by atoms with van der Waals surface area (Å²) in [6.45, 7) is 9.83. The molecule has 0 aromatic heterocycles. The molecule has 158 valence electrons. The molecule has 0 amide bonds. The van der Waals surface area contributed by atoms with Gasteiger partial charge in [-0.1, -0.05) is 51.5 Å². The molecule has 0 radical (unpaired) electrons. The van der Waals surface area contributed by atoms with Crippen LogP contribution in [-0.2, 0) is 19.1 Å². The van der Waals surface area contributed by atoms with Gasteiger partial charge < -0.3 is 14.9 Å². The molecule has 2 N–H and O–H groups in total. The number of hydrogen-bond acceptors (Lipinski definition) is 6. The summed E-state index contributed by atoms with van der Waals surface area (Å²) in [6.07, 6.45) is 3.02. The monoisotopic (exact) mass is 394 g/mol. The Morgan fingerprint density at radius 2 is 1.82 bits per heavy atom. The zero-order chi connectivity index (χ0) is 21.6. The topological polar surface area (TPSA) is 101 Å². The maximum absolute atomic E-state index is 12.9. The summed E-state index contributed by atoms with van der Waals surface area (Å²) in [7, 11) is 0. The summed E-state index contributed by atoms with van der Waals surface area (Å²) in [4.78, 5) is 37.0. The lowest BCUT2D eigenvalue weighted by Crippen LogP contribution is -2.45. The van der Waals surface area contributed by atoms with Gasteiger partial charge in [0.05, 0.1) is 24.0 Å². The highest BCUT2D eigenvalue weighted by atomic mass is 16.5. The average Bonchev–Trinajstić information content (AvgIpc) is 2.61. The molecule has 28 heavy (non-hydrogen) atoms. The maximum Gasteiger partial charge on any atom is 0.309 e. The smallest absolute Gasteiger partial charge is 0.309 e. The fraction of sp³-hybridized carbons (Fsp3) is 0.682. The Kier molecular flexibility index (Phi) is 8.76. The Labute approximate surface area is 167 Å². The van der Waals surface area contributed by atoms with Gasteiger partial charge in [0, 0.05) is 18.3 Å². The molecular weight excluding hydrogens is 360 g/mol. The molecule has 0 fully saturated rings. The summed E-state index contributed by atoms with van der Waals surface area (Å²) in [5.74, 6) is -2.29. The van der Waals surface area contributed by atoms with E-state index >= 15 is 0 Å². The SMILES string of the molecule is CC(=O)[C@@H]1C/C=C(/C)C/C=C\[C@H](C)[C@H](O)[C@@H](C)C(=O)C(C)(C)[C@@H](O)CC(=O)O1. The van der Waals surface area contributed by atoms with Crippen LogP contribution in [0, 0.1) is 17.3 Å². The minimum atomic E-state index is -1.29. The van der Waals surface area contributed by atoms with E-state index < -0.39 is 42.0 Å². The predicted molar refractivity (Wildman–Crippen MR) is 106 cm³/mol. The van der Waals surface area contributed by atoms with Crippen molar-refractivity contribution in [1.29, 1.82) is 0 Å². The number of carbonyl (C=O) groups excluding carboxylic acids is 3. The highest BCUT2D eigenvalue weighted by Gasteiger charge is 2.42. The Hall–Kier alpha value is -1.79. The second-order valence-corrected chi connectivity index (χ2v) is 8.45. The summed E-state index contributed by atoms with van der Waals surface area (Å²) in [5.41, 5.74) is -0.250. The number of esters is 1. The second-order valence-electron chi connectivity index (χ2n) is 8.45. The molecule has 1 aliphatic rings. The number of ether oxygens (including phenoxy) is 1. The molecular formula is C22H34O6. The van der Waals surface area contributed by atoms with Crippen molar-refractivity contribution < 1.29 is 29.3 Å². The van der Waals surface area contributed by atoms with Crippen molar-refractivity contribution in [1.82, 2.24) is 0 Å². The minimum absolute atomic E-state index is 0.248. The molecule has 1 rings (SSSR count). The van der Waals surface area contributed by atoms with Crippen LogP contribution in [0.25, 0.3) is 0 Å². The van der Waals surface area contributed by atoms with Crippen molar-refractivity contribution in [3.05, 3.63) is 23.8 Å². The molecule has 0 bridgehead atoms. The number of aliphatic hydroxyl groups excluding tert-OH is 2. The zero-order valence-corrected chi connectivity index (χ0v) is 17.8. The van der Waals surface area contributed by atoms with Crippen molar-refractivity contribution in [2.75, 3.05) is 0 Å². The van der Waals surface area contributed by atoms with Crippen LogP contribution in [0.2, 0.25) is 0 Å². The molecule has 6 nitrogen and oxygen atoms in total. The van der Waals surface area contributed by atoms with Gasteiger partial charge in [0.25, 0.3) is 0 Å². The fourth-order valence-electron chi connectivity index (χ4n) is 3.25. The first-order chi connectivity index (χ1) is 12.9. The summed E-state index contributed by atoms with van der Waals surface area (Å²) < 4.78 is 5.25. The largest absolute Gasteiger partial charge is 0.454 e. The van der Waals surface area contributed by atoms with Gasteiger partial charge in [0.2, 0.25) is 0 Å². The third kappa shape index (κ3) is 6.38. The molecule has 0 spiro atoms. The first-order valence-electron chi connectivity index (χ1n) is 9.80. The molecule has 0 unspecified atom stereocenters. The minimum Gasteiger partial charge on any atom is -0.454 e. The number of cyclic esters (lactones) is 1. The first kappa shape index (κ1) is 24.2. The van der Waals surface area contributed by atoms with Crippen molar-refractivity contribution >= 4 is 17.5 Å². The van der Waals surface area contributed by atoms with Gasteiger partial charge in [-0.2, -0.15) is 0 Å². The predicted octanol–water partition coefficient (Wildman–Crippen LogP) is 2.76. The van der Waals surface area contributed by atoms with Gasteiger partial charge >= 0.3 is 5.97 Å². The van der Waals surface area contributed by atoms with Crippen LogP contribution >= 0.6 is 0 Å². The standard InChI is InChI=1S/C22H34O6/c1-13-8-7-9-14(2)20(26)15(3)21(27)22(5,6)18(24)12-19(25)28-17(11-10-13)16(4)23/h7,9-10,14-15,17-18,20,24,26H,8,11-12H2,1-6H3/b9-7-,13-10-/t14-,15+,17-,18-,20-/m0/s1. The van der Waals surface area contributed by atoms with Crippen LogP contribution in [0.4, 0.5) is 0 Å². The van der Waals surface area contributed by atoms with E-state index in [2.05, 4.69) is 0 Å². The van der Waals surface area contributed by atoms with E-state index in [1.165, 1.54) is 6.92 Å². The lowest BCUT2D eigenvalue weighted by Gasteiger charge is -2.34. The van der Waals surface area contributed by atoms with E-state index in [0.717, 1.165) is 5.57 Å². The van der Waals surface area contributed by atoms with Crippen molar-refractivity contribution in [3.8, 4) is 0 Å². The van der Waals surface area contributed by atoms with Gasteiger partial charge in [0.1, 0.15) is 5.78 Å². The van der Waals surface area contributed by atoms with Gasteiger partial charge in [-0.25, -0.2) is 0 Å². The van der Waals surface area contributed by atoms with Crippen LogP contribution in [-0.4, -0.2) is 46.1 Å². The van der Waals surface area contributed by atoms with Gasteiger partial charge in [-0.05, 0) is 20.3 Å². The second kappa shape index (κ2) is 10.1. The van der Waals surface area contributed by atoms with Crippen molar-refractivity contribution in [3.63, 3.8) is 0 Å². The van der Waals surface area contributed by atoms with Gasteiger partial charge in [-0.3, -0.25) is 14.4 Å². The maximum atomic E-state index is 12.9. The number of hydrogen-bond donors (Lipinski definition) is 2. The molecule has 0 aliphatic carbocycles. The number of ketones is 2. The fourth-order valence-corrected chi connectivity index (χ4v) is 3.25. The molecule has 0 aromatic carbocycles. The van der Waals surface area contributed by atoms with E-state index in [-0.39, 0.29) is 23.9 Å². The third-order valence-corrected chi connectivity index (χ3v) is 5.58. The average molecular weight is 395 g/mol. The van der Waals surface area contributed by atoms with Crippen LogP contribution < -0.4 is 0 Å². The van der Waals surface area contributed by atoms with Crippen LogP contribution in [0.15, 0.2) is 23.8 Å².